The number of carboxylic acids is 1. The van der Waals surface area contributed by atoms with Crippen molar-refractivity contribution in [2.24, 2.45) is 0 Å². The third-order valence-corrected chi connectivity index (χ3v) is 6.23. The van der Waals surface area contributed by atoms with Gasteiger partial charge in [0.15, 0.2) is 5.69 Å². The molecule has 9 heteroatoms. The normalized spacial score (nSPS) is 14.6. The third-order valence-electron chi connectivity index (χ3n) is 6.23. The average Bonchev–Trinajstić information content (AvgIpc) is 3.38. The van der Waals surface area contributed by atoms with Gasteiger partial charge in [0.05, 0.1) is 12.3 Å². The van der Waals surface area contributed by atoms with Gasteiger partial charge >= 0.3 is 5.97 Å². The molecule has 34 heavy (non-hydrogen) atoms. The first-order valence-electron chi connectivity index (χ1n) is 11.4. The summed E-state index contributed by atoms with van der Waals surface area (Å²) in [6.45, 7) is 7.42. The summed E-state index contributed by atoms with van der Waals surface area (Å²) in [4.78, 5) is 20.6. The van der Waals surface area contributed by atoms with E-state index in [1.165, 1.54) is 6.07 Å². The first-order chi connectivity index (χ1) is 16.5. The van der Waals surface area contributed by atoms with Gasteiger partial charge in [0, 0.05) is 59.3 Å². The van der Waals surface area contributed by atoms with Gasteiger partial charge in [-0.15, -0.1) is 0 Å². The summed E-state index contributed by atoms with van der Waals surface area (Å²) in [5.41, 5.74) is 5.02. The Balaban J connectivity index is 1.74. The minimum atomic E-state index is -1.10. The van der Waals surface area contributed by atoms with Crippen LogP contribution in [0.25, 0.3) is 33.3 Å². The predicted molar refractivity (Wildman–Crippen MR) is 125 cm³/mol. The van der Waals surface area contributed by atoms with E-state index in [-0.39, 0.29) is 17.6 Å². The quantitative estimate of drug-likeness (QED) is 0.434. The maximum Gasteiger partial charge on any atom is 0.354 e. The number of fused-ring (bicyclic) bond motifs is 1. The number of aromatic nitrogens is 4. The van der Waals surface area contributed by atoms with E-state index in [0.29, 0.717) is 19.8 Å². The van der Waals surface area contributed by atoms with Crippen LogP contribution in [-0.4, -0.2) is 50.6 Å². The van der Waals surface area contributed by atoms with Crippen LogP contribution in [0.1, 0.15) is 47.7 Å². The van der Waals surface area contributed by atoms with Crippen LogP contribution < -0.4 is 4.74 Å². The lowest BCUT2D eigenvalue weighted by Crippen LogP contribution is -2.19. The minimum absolute atomic E-state index is 0.0603. The van der Waals surface area contributed by atoms with Crippen molar-refractivity contribution in [1.29, 1.82) is 0 Å². The number of carbonyl (C=O) groups is 1. The molecule has 4 aromatic heterocycles. The van der Waals surface area contributed by atoms with Crippen LogP contribution >= 0.6 is 0 Å². The highest BCUT2D eigenvalue weighted by atomic mass is 16.5. The first kappa shape index (κ1) is 22.1. The zero-order chi connectivity index (χ0) is 23.8. The number of hydrogen-bond donors (Lipinski definition) is 1. The molecule has 1 aliphatic rings. The molecule has 0 atom stereocenters. The molecule has 5 heterocycles. The molecule has 0 aromatic carbocycles. The fourth-order valence-electron chi connectivity index (χ4n) is 4.63. The number of aryl methyl sites for hydroxylation is 2. The van der Waals surface area contributed by atoms with Crippen LogP contribution in [0.15, 0.2) is 35.1 Å². The van der Waals surface area contributed by atoms with Crippen LogP contribution in [0.5, 0.6) is 5.88 Å². The smallest absolute Gasteiger partial charge is 0.354 e. The fraction of sp³-hybridized carbons (Fsp3) is 0.360. The maximum atomic E-state index is 11.5. The van der Waals surface area contributed by atoms with Gasteiger partial charge in [0.2, 0.25) is 5.88 Å². The molecule has 0 radical (unpaired) electrons. The molecule has 9 nitrogen and oxygen atoms in total. The summed E-state index contributed by atoms with van der Waals surface area (Å²) in [6, 6.07) is 5.60. The van der Waals surface area contributed by atoms with E-state index in [0.717, 1.165) is 57.6 Å². The van der Waals surface area contributed by atoms with Gasteiger partial charge in [-0.3, -0.25) is 0 Å². The number of aromatic carboxylic acids is 1. The molecule has 0 unspecified atom stereocenters. The Bertz CT molecular complexity index is 1350. The second-order valence-electron chi connectivity index (χ2n) is 8.38. The SMILES string of the molecule is CCOc1nc(C(=O)O)ccc1-c1cn(C2CCOCC2)c2ncc(-c3c(C)noc3C)cc12. The molecule has 1 fully saturated rings. The van der Waals surface area contributed by atoms with Gasteiger partial charge in [-0.1, -0.05) is 5.16 Å². The number of carboxylic acid groups (broad SMARTS) is 1. The molecule has 0 saturated carbocycles. The van der Waals surface area contributed by atoms with Gasteiger partial charge in [0.1, 0.15) is 11.4 Å². The average molecular weight is 463 g/mol. The largest absolute Gasteiger partial charge is 0.478 e. The van der Waals surface area contributed by atoms with E-state index in [2.05, 4.69) is 27.0 Å². The van der Waals surface area contributed by atoms with Crippen molar-refractivity contribution in [2.45, 2.75) is 39.7 Å². The molecule has 1 saturated heterocycles. The monoisotopic (exact) mass is 462 g/mol. The Kier molecular flexibility index (Phi) is 5.79. The Morgan fingerprint density at radius 3 is 2.71 bits per heavy atom. The summed E-state index contributed by atoms with van der Waals surface area (Å²) in [5, 5.41) is 14.4. The summed E-state index contributed by atoms with van der Waals surface area (Å²) >= 11 is 0. The molecule has 0 amide bonds. The van der Waals surface area contributed by atoms with Gasteiger partial charge in [-0.2, -0.15) is 0 Å². The molecule has 0 spiro atoms. The third kappa shape index (κ3) is 3.81. The number of hydrogen-bond acceptors (Lipinski definition) is 7. The Labute approximate surface area is 196 Å². The van der Waals surface area contributed by atoms with Gasteiger partial charge < -0.3 is 23.7 Å². The van der Waals surface area contributed by atoms with Crippen molar-refractivity contribution < 1.29 is 23.9 Å². The van der Waals surface area contributed by atoms with E-state index >= 15 is 0 Å². The van der Waals surface area contributed by atoms with Gasteiger partial charge in [0.25, 0.3) is 0 Å². The van der Waals surface area contributed by atoms with E-state index in [4.69, 9.17) is 19.0 Å². The van der Waals surface area contributed by atoms with Gasteiger partial charge in [-0.25, -0.2) is 14.8 Å². The van der Waals surface area contributed by atoms with Crippen LogP contribution in [0.3, 0.4) is 0 Å². The summed E-state index contributed by atoms with van der Waals surface area (Å²) in [7, 11) is 0. The van der Waals surface area contributed by atoms with E-state index < -0.39 is 5.97 Å². The van der Waals surface area contributed by atoms with Crippen molar-refractivity contribution >= 4 is 17.0 Å². The number of pyridine rings is 2. The standard InChI is InChI=1S/C25H26N4O5/c1-4-33-24-18(5-6-21(27-24)25(30)31)20-13-29(17-7-9-32-10-8-17)23-19(20)11-16(12-26-23)22-14(2)28-34-15(22)3/h5-6,11-13,17H,4,7-10H2,1-3H3,(H,30,31). The molecule has 0 aliphatic carbocycles. The van der Waals surface area contributed by atoms with Crippen molar-refractivity contribution in [1.82, 2.24) is 19.7 Å². The van der Waals surface area contributed by atoms with Crippen LogP contribution in [-0.2, 0) is 4.74 Å². The highest BCUT2D eigenvalue weighted by Gasteiger charge is 2.24. The summed E-state index contributed by atoms with van der Waals surface area (Å²) < 4.78 is 18.9. The Morgan fingerprint density at radius 1 is 1.24 bits per heavy atom. The highest BCUT2D eigenvalue weighted by Crippen LogP contribution is 2.40. The highest BCUT2D eigenvalue weighted by molar-refractivity contribution is 5.98. The second kappa shape index (κ2) is 8.90. The lowest BCUT2D eigenvalue weighted by Gasteiger charge is -2.24. The lowest BCUT2D eigenvalue weighted by molar-refractivity contribution is 0.0688. The minimum Gasteiger partial charge on any atom is -0.478 e. The van der Waals surface area contributed by atoms with E-state index in [9.17, 15) is 9.90 Å². The number of nitrogens with zero attached hydrogens (tertiary/aromatic N) is 4. The molecule has 4 aromatic rings. The molecule has 176 valence electrons. The molecule has 0 bridgehead atoms. The number of rotatable bonds is 6. The Hall–Kier alpha value is -3.72. The van der Waals surface area contributed by atoms with Crippen LogP contribution in [0.4, 0.5) is 0 Å². The topological polar surface area (TPSA) is 112 Å². The van der Waals surface area contributed by atoms with Crippen molar-refractivity contribution in [2.75, 3.05) is 19.8 Å². The zero-order valence-corrected chi connectivity index (χ0v) is 19.4. The molecule has 5 rings (SSSR count). The predicted octanol–water partition coefficient (Wildman–Crippen LogP) is 4.82. The second-order valence-corrected chi connectivity index (χ2v) is 8.38. The summed E-state index contributed by atoms with van der Waals surface area (Å²) in [6.07, 6.45) is 5.71. The lowest BCUT2D eigenvalue weighted by atomic mass is 10.0. The molecular weight excluding hydrogens is 436 g/mol. The molecule has 1 N–H and O–H groups in total. The van der Waals surface area contributed by atoms with E-state index in [1.54, 1.807) is 6.07 Å². The van der Waals surface area contributed by atoms with E-state index in [1.807, 2.05) is 27.0 Å². The molecular formula is C25H26N4O5. The maximum absolute atomic E-state index is 11.5. The van der Waals surface area contributed by atoms with Crippen LogP contribution in [0.2, 0.25) is 0 Å². The van der Waals surface area contributed by atoms with Crippen LogP contribution in [0, 0.1) is 13.8 Å². The van der Waals surface area contributed by atoms with Crippen molar-refractivity contribution in [3.63, 3.8) is 0 Å². The van der Waals surface area contributed by atoms with Crippen molar-refractivity contribution in [3.05, 3.63) is 47.7 Å². The first-order valence-corrected chi connectivity index (χ1v) is 11.4. The summed E-state index contributed by atoms with van der Waals surface area (Å²) in [5.74, 6) is -0.0813. The zero-order valence-electron chi connectivity index (χ0n) is 19.4. The molecule has 1 aliphatic heterocycles. The van der Waals surface area contributed by atoms with Gasteiger partial charge in [-0.05, 0) is 51.8 Å². The Morgan fingerprint density at radius 2 is 2.03 bits per heavy atom. The number of ether oxygens (including phenoxy) is 2. The fourth-order valence-corrected chi connectivity index (χ4v) is 4.63. The van der Waals surface area contributed by atoms with Crippen molar-refractivity contribution in [3.8, 4) is 28.1 Å².